The number of Topliss-reactive ketones (excluding diaryl/α,β-unsaturated/α-hetero) is 1. The quantitative estimate of drug-likeness (QED) is 0.456. The summed E-state index contributed by atoms with van der Waals surface area (Å²) in [7, 11) is 0. The number of hydrogen-bond acceptors (Lipinski definition) is 2. The summed E-state index contributed by atoms with van der Waals surface area (Å²) in [6.45, 7) is 12.8. The Morgan fingerprint density at radius 1 is 1.41 bits per heavy atom. The van der Waals surface area contributed by atoms with Crippen LogP contribution < -0.4 is 0 Å². The number of ketones is 1. The van der Waals surface area contributed by atoms with Gasteiger partial charge in [-0.15, -0.1) is 0 Å². The molecule has 0 radical (unpaired) electrons. The first kappa shape index (κ1) is 13.9. The van der Waals surface area contributed by atoms with E-state index in [9.17, 15) is 9.90 Å². The van der Waals surface area contributed by atoms with Crippen molar-refractivity contribution in [3.63, 3.8) is 0 Å². The van der Waals surface area contributed by atoms with E-state index in [1.807, 2.05) is 32.3 Å². The summed E-state index contributed by atoms with van der Waals surface area (Å²) in [4.78, 5) is 12.3. The zero-order chi connectivity index (χ0) is 13.4. The zero-order valence-electron chi connectivity index (χ0n) is 11.8. The minimum absolute atomic E-state index is 0.0166. The third kappa shape index (κ3) is 2.96. The van der Waals surface area contributed by atoms with Crippen LogP contribution >= 0.6 is 0 Å². The Morgan fingerprint density at radius 2 is 1.94 bits per heavy atom. The normalized spacial score (nSPS) is 20.9. The lowest BCUT2D eigenvalue weighted by Gasteiger charge is -2.17. The molecule has 3 nitrogen and oxygen atoms in total. The van der Waals surface area contributed by atoms with Gasteiger partial charge in [-0.3, -0.25) is 4.79 Å². The van der Waals surface area contributed by atoms with Crippen LogP contribution in [0, 0.1) is 10.8 Å². The van der Waals surface area contributed by atoms with Gasteiger partial charge in [0, 0.05) is 24.2 Å². The van der Waals surface area contributed by atoms with Crippen LogP contribution in [0.5, 0.6) is 0 Å². The van der Waals surface area contributed by atoms with Crippen LogP contribution in [0.25, 0.3) is 0 Å². The Kier molecular flexibility index (Phi) is 3.51. The van der Waals surface area contributed by atoms with E-state index < -0.39 is 5.41 Å². The van der Waals surface area contributed by atoms with Crippen LogP contribution in [-0.4, -0.2) is 27.7 Å². The first-order valence-electron chi connectivity index (χ1n) is 6.08. The molecule has 0 atom stereocenters. The molecule has 0 spiro atoms. The molecule has 3 heteroatoms. The standard InChI is InChI=1S/C14H23NO2/c1-10-7-14(5,6)9-15(10)11(8-16)12(17)13(2,3)4/h8H,7,9H2,1-6H3/p+1. The summed E-state index contributed by atoms with van der Waals surface area (Å²) >= 11 is 0. The highest BCUT2D eigenvalue weighted by molar-refractivity contribution is 5.98. The molecule has 0 amide bonds. The third-order valence-corrected chi connectivity index (χ3v) is 3.11. The fraction of sp³-hybridized carbons (Fsp3) is 0.714. The highest BCUT2D eigenvalue weighted by Gasteiger charge is 2.42. The van der Waals surface area contributed by atoms with Crippen LogP contribution in [0.3, 0.4) is 0 Å². The van der Waals surface area contributed by atoms with Crippen molar-refractivity contribution in [1.82, 2.24) is 0 Å². The van der Waals surface area contributed by atoms with E-state index in [1.165, 1.54) is 0 Å². The predicted molar refractivity (Wildman–Crippen MR) is 69.4 cm³/mol. The van der Waals surface area contributed by atoms with Crippen molar-refractivity contribution in [3.8, 4) is 0 Å². The summed E-state index contributed by atoms with van der Waals surface area (Å²) in [6, 6.07) is 0. The van der Waals surface area contributed by atoms with Crippen molar-refractivity contribution in [3.05, 3.63) is 12.0 Å². The summed E-state index contributed by atoms with van der Waals surface area (Å²) in [5.74, 6) is -0.0166. The van der Waals surface area contributed by atoms with Gasteiger partial charge >= 0.3 is 0 Å². The number of aliphatic hydroxyl groups excluding tert-OH is 1. The lowest BCUT2D eigenvalue weighted by Crippen LogP contribution is -2.30. The molecule has 17 heavy (non-hydrogen) atoms. The SMILES string of the molecule is CC1=[N+](/C(=C/O)C(=O)C(C)(C)C)CC(C)(C)C1. The Morgan fingerprint density at radius 3 is 2.24 bits per heavy atom. The lowest BCUT2D eigenvalue weighted by molar-refractivity contribution is -0.475. The number of hydrogen-bond donors (Lipinski definition) is 1. The predicted octanol–water partition coefficient (Wildman–Crippen LogP) is 2.90. The van der Waals surface area contributed by atoms with Crippen molar-refractivity contribution < 1.29 is 14.5 Å². The molecule has 0 aromatic heterocycles. The molecule has 96 valence electrons. The number of carbonyl (C=O) groups is 1. The maximum Gasteiger partial charge on any atom is 0.283 e. The Bertz CT molecular complexity index is 395. The number of aliphatic hydroxyl groups is 1. The van der Waals surface area contributed by atoms with Gasteiger partial charge in [0.1, 0.15) is 0 Å². The molecule has 0 saturated carbocycles. The second kappa shape index (κ2) is 4.28. The lowest BCUT2D eigenvalue weighted by atomic mass is 9.88. The van der Waals surface area contributed by atoms with Gasteiger partial charge in [0.2, 0.25) is 5.78 Å². The van der Waals surface area contributed by atoms with E-state index in [0.717, 1.165) is 24.9 Å². The molecule has 1 rings (SSSR count). The van der Waals surface area contributed by atoms with Gasteiger partial charge in [0.05, 0.1) is 0 Å². The maximum atomic E-state index is 12.3. The van der Waals surface area contributed by atoms with Gasteiger partial charge in [-0.1, -0.05) is 34.6 Å². The van der Waals surface area contributed by atoms with Crippen LogP contribution in [-0.2, 0) is 4.79 Å². The fourth-order valence-corrected chi connectivity index (χ4v) is 2.33. The molecule has 0 aromatic carbocycles. The average Bonchev–Trinajstić information content (AvgIpc) is 2.39. The highest BCUT2D eigenvalue weighted by atomic mass is 16.2. The first-order valence-corrected chi connectivity index (χ1v) is 6.08. The van der Waals surface area contributed by atoms with Crippen LogP contribution in [0.15, 0.2) is 12.0 Å². The fourth-order valence-electron chi connectivity index (χ4n) is 2.33. The third-order valence-electron chi connectivity index (χ3n) is 3.11. The molecule has 1 heterocycles. The van der Waals surface area contributed by atoms with Gasteiger partial charge in [-0.25, -0.2) is 0 Å². The Labute approximate surface area is 104 Å². The molecule has 0 aromatic rings. The summed E-state index contributed by atoms with van der Waals surface area (Å²) in [6.07, 6.45) is 1.92. The monoisotopic (exact) mass is 238 g/mol. The number of carbonyl (C=O) groups excluding carboxylic acids is 1. The maximum absolute atomic E-state index is 12.3. The molecule has 0 bridgehead atoms. The Hall–Kier alpha value is -1.12. The number of allylic oxidation sites excluding steroid dienone is 1. The molecule has 1 aliphatic rings. The van der Waals surface area contributed by atoms with Crippen LogP contribution in [0.2, 0.25) is 0 Å². The topological polar surface area (TPSA) is 40.3 Å². The molecule has 0 aliphatic carbocycles. The van der Waals surface area contributed by atoms with Gasteiger partial charge < -0.3 is 5.11 Å². The van der Waals surface area contributed by atoms with E-state index >= 15 is 0 Å². The van der Waals surface area contributed by atoms with E-state index in [4.69, 9.17) is 0 Å². The Balaban J connectivity index is 3.08. The van der Waals surface area contributed by atoms with Gasteiger partial charge in [0.15, 0.2) is 18.5 Å². The van der Waals surface area contributed by atoms with Crippen molar-refractivity contribution in [1.29, 1.82) is 0 Å². The minimum Gasteiger partial charge on any atom is -0.509 e. The van der Waals surface area contributed by atoms with E-state index in [0.29, 0.717) is 5.70 Å². The van der Waals surface area contributed by atoms with Gasteiger partial charge in [-0.05, 0) is 0 Å². The van der Waals surface area contributed by atoms with Crippen LogP contribution in [0.4, 0.5) is 0 Å². The smallest absolute Gasteiger partial charge is 0.283 e. The summed E-state index contributed by atoms with van der Waals surface area (Å²) < 4.78 is 1.95. The molecular weight excluding hydrogens is 214 g/mol. The van der Waals surface area contributed by atoms with Gasteiger partial charge in [-0.2, -0.15) is 4.58 Å². The second-order valence-corrected chi connectivity index (χ2v) is 6.76. The molecular formula is C14H24NO2+. The summed E-state index contributed by atoms with van der Waals surface area (Å²) in [5.41, 5.74) is 1.26. The number of nitrogens with zero attached hydrogens (tertiary/aromatic N) is 1. The minimum atomic E-state index is -0.471. The molecule has 1 N–H and O–H groups in total. The van der Waals surface area contributed by atoms with Crippen molar-refractivity contribution in [2.24, 2.45) is 10.8 Å². The zero-order valence-corrected chi connectivity index (χ0v) is 11.8. The second-order valence-electron chi connectivity index (χ2n) is 6.76. The average molecular weight is 238 g/mol. The number of rotatable bonds is 2. The van der Waals surface area contributed by atoms with Crippen molar-refractivity contribution in [2.75, 3.05) is 6.54 Å². The van der Waals surface area contributed by atoms with Crippen molar-refractivity contribution >= 4 is 11.5 Å². The first-order chi connectivity index (χ1) is 7.58. The molecule has 0 unspecified atom stereocenters. The van der Waals surface area contributed by atoms with Crippen LogP contribution in [0.1, 0.15) is 48.0 Å². The molecule has 1 aliphatic heterocycles. The molecule has 0 fully saturated rings. The van der Waals surface area contributed by atoms with E-state index in [2.05, 4.69) is 13.8 Å². The summed E-state index contributed by atoms with van der Waals surface area (Å²) in [5, 5.41) is 9.37. The van der Waals surface area contributed by atoms with E-state index in [1.54, 1.807) is 0 Å². The van der Waals surface area contributed by atoms with E-state index in [-0.39, 0.29) is 11.2 Å². The molecule has 0 saturated heterocycles. The van der Waals surface area contributed by atoms with Crippen molar-refractivity contribution in [2.45, 2.75) is 48.0 Å². The highest BCUT2D eigenvalue weighted by Crippen LogP contribution is 2.30. The van der Waals surface area contributed by atoms with Gasteiger partial charge in [0.25, 0.3) is 5.70 Å². The largest absolute Gasteiger partial charge is 0.509 e.